The highest BCUT2D eigenvalue weighted by molar-refractivity contribution is 7.13. The number of nitrogens with one attached hydrogen (secondary N) is 1. The van der Waals surface area contributed by atoms with Gasteiger partial charge in [0.25, 0.3) is 5.91 Å². The highest BCUT2D eigenvalue weighted by atomic mass is 32.1. The predicted octanol–water partition coefficient (Wildman–Crippen LogP) is 2.20. The molecule has 3 rings (SSSR count). The summed E-state index contributed by atoms with van der Waals surface area (Å²) in [5, 5.41) is 16.4. The number of rotatable bonds is 6. The van der Waals surface area contributed by atoms with Gasteiger partial charge >= 0.3 is 5.97 Å². The average Bonchev–Trinajstić information content (AvgIpc) is 3.27. The van der Waals surface area contributed by atoms with Gasteiger partial charge in [0.1, 0.15) is 0 Å². The van der Waals surface area contributed by atoms with Crippen LogP contribution in [0.2, 0.25) is 0 Å². The summed E-state index contributed by atoms with van der Waals surface area (Å²) in [7, 11) is 0. The van der Waals surface area contributed by atoms with Gasteiger partial charge in [-0.3, -0.25) is 4.79 Å². The molecule has 8 nitrogen and oxygen atoms in total. The molecule has 9 heteroatoms. The minimum atomic E-state index is -0.615. The van der Waals surface area contributed by atoms with Crippen molar-refractivity contribution in [1.29, 1.82) is 0 Å². The Bertz CT molecular complexity index is 920. The Morgan fingerprint density at radius 1 is 1.27 bits per heavy atom. The molecule has 0 aliphatic carbocycles. The summed E-state index contributed by atoms with van der Waals surface area (Å²) in [5.74, 6) is -0.576. The van der Waals surface area contributed by atoms with Crippen molar-refractivity contribution in [3.05, 3.63) is 46.8 Å². The fraction of sp³-hybridized carbons (Fsp3) is 0.235. The Morgan fingerprint density at radius 3 is 2.85 bits per heavy atom. The van der Waals surface area contributed by atoms with Crippen molar-refractivity contribution < 1.29 is 14.3 Å². The maximum atomic E-state index is 11.9. The second kappa shape index (κ2) is 7.87. The minimum Gasteiger partial charge on any atom is -0.454 e. The zero-order valence-electron chi connectivity index (χ0n) is 14.3. The first-order valence-electron chi connectivity index (χ1n) is 7.85. The van der Waals surface area contributed by atoms with Gasteiger partial charge < -0.3 is 10.1 Å². The van der Waals surface area contributed by atoms with E-state index >= 15 is 0 Å². The van der Waals surface area contributed by atoms with Crippen LogP contribution in [0.4, 0.5) is 5.69 Å². The molecule has 0 fully saturated rings. The summed E-state index contributed by atoms with van der Waals surface area (Å²) in [6.07, 6.45) is 0. The van der Waals surface area contributed by atoms with E-state index in [1.165, 1.54) is 11.3 Å². The molecule has 2 aromatic heterocycles. The van der Waals surface area contributed by atoms with Crippen LogP contribution in [0.25, 0.3) is 10.7 Å². The van der Waals surface area contributed by atoms with Crippen LogP contribution in [-0.2, 0) is 20.9 Å². The topological polar surface area (TPSA) is 99.0 Å². The van der Waals surface area contributed by atoms with Crippen LogP contribution in [0.15, 0.2) is 35.7 Å². The predicted molar refractivity (Wildman–Crippen MR) is 96.6 cm³/mol. The fourth-order valence-corrected chi connectivity index (χ4v) is 2.91. The Kier molecular flexibility index (Phi) is 5.37. The summed E-state index contributed by atoms with van der Waals surface area (Å²) in [6, 6.07) is 9.42. The second-order valence-electron chi connectivity index (χ2n) is 5.65. The number of esters is 1. The quantitative estimate of drug-likeness (QED) is 0.667. The number of thiophene rings is 1. The van der Waals surface area contributed by atoms with Crippen LogP contribution in [0.3, 0.4) is 0 Å². The molecule has 1 amide bonds. The van der Waals surface area contributed by atoms with E-state index in [-0.39, 0.29) is 13.2 Å². The molecule has 0 spiro atoms. The lowest BCUT2D eigenvalue weighted by Crippen LogP contribution is -2.24. The fourth-order valence-electron chi connectivity index (χ4n) is 2.26. The molecule has 134 valence electrons. The van der Waals surface area contributed by atoms with E-state index in [1.807, 2.05) is 49.6 Å². The van der Waals surface area contributed by atoms with Crippen molar-refractivity contribution in [3.63, 3.8) is 0 Å². The number of tetrazole rings is 1. The molecule has 0 aliphatic heterocycles. The Hall–Kier alpha value is -3.07. The third kappa shape index (κ3) is 4.51. The molecule has 0 radical (unpaired) electrons. The number of carbonyl (C=O) groups is 2. The van der Waals surface area contributed by atoms with E-state index in [9.17, 15) is 9.59 Å². The molecule has 0 bridgehead atoms. The standard InChI is InChI=1S/C17H17N5O3S/c1-11-5-6-13(12(2)8-11)18-15(23)10-25-16(24)9-22-20-17(19-21-22)14-4-3-7-26-14/h3-8H,9-10H2,1-2H3,(H,18,23). The smallest absolute Gasteiger partial charge is 0.330 e. The van der Waals surface area contributed by atoms with Gasteiger partial charge in [0, 0.05) is 5.69 Å². The van der Waals surface area contributed by atoms with E-state index < -0.39 is 11.9 Å². The van der Waals surface area contributed by atoms with Crippen LogP contribution in [0.5, 0.6) is 0 Å². The maximum Gasteiger partial charge on any atom is 0.330 e. The van der Waals surface area contributed by atoms with Gasteiger partial charge in [-0.05, 0) is 42.1 Å². The van der Waals surface area contributed by atoms with E-state index in [1.54, 1.807) is 0 Å². The Balaban J connectivity index is 1.48. The van der Waals surface area contributed by atoms with E-state index in [0.29, 0.717) is 11.5 Å². The number of anilines is 1. The zero-order chi connectivity index (χ0) is 18.5. The molecule has 2 heterocycles. The van der Waals surface area contributed by atoms with Crippen LogP contribution < -0.4 is 5.32 Å². The SMILES string of the molecule is Cc1ccc(NC(=O)COC(=O)Cn2nnc(-c3cccs3)n2)c(C)c1. The zero-order valence-corrected chi connectivity index (χ0v) is 15.1. The molecule has 26 heavy (non-hydrogen) atoms. The Labute approximate surface area is 153 Å². The van der Waals surface area contributed by atoms with Crippen molar-refractivity contribution in [1.82, 2.24) is 20.2 Å². The van der Waals surface area contributed by atoms with Gasteiger partial charge in [-0.15, -0.1) is 21.5 Å². The lowest BCUT2D eigenvalue weighted by Gasteiger charge is -2.09. The summed E-state index contributed by atoms with van der Waals surface area (Å²) < 4.78 is 4.97. The number of nitrogens with zero attached hydrogens (tertiary/aromatic N) is 4. The minimum absolute atomic E-state index is 0.213. The monoisotopic (exact) mass is 371 g/mol. The molecule has 0 atom stereocenters. The number of hydrogen-bond acceptors (Lipinski definition) is 7. The molecular weight excluding hydrogens is 354 g/mol. The summed E-state index contributed by atoms with van der Waals surface area (Å²) in [6.45, 7) is 3.28. The lowest BCUT2D eigenvalue weighted by atomic mass is 10.1. The molecule has 3 aromatic rings. The summed E-state index contributed by atoms with van der Waals surface area (Å²) >= 11 is 1.48. The van der Waals surface area contributed by atoms with E-state index in [2.05, 4.69) is 20.7 Å². The molecule has 0 saturated heterocycles. The first-order chi connectivity index (χ1) is 12.5. The second-order valence-corrected chi connectivity index (χ2v) is 6.60. The number of ether oxygens (including phenoxy) is 1. The molecule has 1 N–H and O–H groups in total. The largest absolute Gasteiger partial charge is 0.454 e. The third-order valence-corrected chi connectivity index (χ3v) is 4.35. The van der Waals surface area contributed by atoms with Crippen molar-refractivity contribution in [2.45, 2.75) is 20.4 Å². The van der Waals surface area contributed by atoms with Crippen molar-refractivity contribution in [2.24, 2.45) is 0 Å². The summed E-state index contributed by atoms with van der Waals surface area (Å²) in [5.41, 5.74) is 2.74. The van der Waals surface area contributed by atoms with Gasteiger partial charge in [-0.1, -0.05) is 23.8 Å². The van der Waals surface area contributed by atoms with Crippen molar-refractivity contribution in [3.8, 4) is 10.7 Å². The third-order valence-electron chi connectivity index (χ3n) is 3.49. The van der Waals surface area contributed by atoms with Crippen LogP contribution >= 0.6 is 11.3 Å². The number of benzene rings is 1. The number of carbonyl (C=O) groups excluding carboxylic acids is 2. The van der Waals surface area contributed by atoms with Crippen LogP contribution in [0, 0.1) is 13.8 Å². The van der Waals surface area contributed by atoms with Gasteiger partial charge in [0.2, 0.25) is 5.82 Å². The molecule has 0 unspecified atom stereocenters. The highest BCUT2D eigenvalue weighted by Gasteiger charge is 2.13. The van der Waals surface area contributed by atoms with Crippen molar-refractivity contribution in [2.75, 3.05) is 11.9 Å². The number of aryl methyl sites for hydroxylation is 2. The number of aromatic nitrogens is 4. The molecule has 0 aliphatic rings. The van der Waals surface area contributed by atoms with Gasteiger partial charge in [0.05, 0.1) is 4.88 Å². The number of amides is 1. The average molecular weight is 371 g/mol. The Morgan fingerprint density at radius 2 is 2.12 bits per heavy atom. The highest BCUT2D eigenvalue weighted by Crippen LogP contribution is 2.19. The van der Waals surface area contributed by atoms with Gasteiger partial charge in [-0.2, -0.15) is 4.80 Å². The molecular formula is C17H17N5O3S. The first-order valence-corrected chi connectivity index (χ1v) is 8.73. The van der Waals surface area contributed by atoms with E-state index in [0.717, 1.165) is 20.8 Å². The van der Waals surface area contributed by atoms with Gasteiger partial charge in [0.15, 0.2) is 13.2 Å². The lowest BCUT2D eigenvalue weighted by molar-refractivity contribution is -0.148. The maximum absolute atomic E-state index is 11.9. The van der Waals surface area contributed by atoms with Gasteiger partial charge in [-0.25, -0.2) is 4.79 Å². The first kappa shape index (κ1) is 17.7. The number of hydrogen-bond donors (Lipinski definition) is 1. The van der Waals surface area contributed by atoms with Crippen LogP contribution in [0.1, 0.15) is 11.1 Å². The molecule has 1 aromatic carbocycles. The normalized spacial score (nSPS) is 10.5. The molecule has 0 saturated carbocycles. The summed E-state index contributed by atoms with van der Waals surface area (Å²) in [4.78, 5) is 25.8. The van der Waals surface area contributed by atoms with Crippen LogP contribution in [-0.4, -0.2) is 38.7 Å². The van der Waals surface area contributed by atoms with Crippen molar-refractivity contribution >= 4 is 28.9 Å². The van der Waals surface area contributed by atoms with E-state index in [4.69, 9.17) is 4.74 Å².